The fourth-order valence-corrected chi connectivity index (χ4v) is 1.75. The Bertz CT molecular complexity index is 146. The summed E-state index contributed by atoms with van der Waals surface area (Å²) in [6.07, 6.45) is 5.75. The summed E-state index contributed by atoms with van der Waals surface area (Å²) in [4.78, 5) is 10.7. The Morgan fingerprint density at radius 1 is 1.15 bits per heavy atom. The number of carbonyl (C=O) groups excluding carboxylic acids is 1. The number of ether oxygens (including phenoxy) is 1. The summed E-state index contributed by atoms with van der Waals surface area (Å²) in [5.74, 6) is -0.144. The van der Waals surface area contributed by atoms with E-state index >= 15 is 0 Å². The smallest absolute Gasteiger partial charge is 0.303 e. The maximum atomic E-state index is 10.7. The highest BCUT2D eigenvalue weighted by Crippen LogP contribution is 2.30. The highest BCUT2D eigenvalue weighted by Gasteiger charge is 2.29. The number of carbonyl (C=O) groups is 1. The predicted octanol–water partition coefficient (Wildman–Crippen LogP) is 3.30. The Kier molecular flexibility index (Phi) is 5.76. The molecule has 0 spiro atoms. The monoisotopic (exact) mass is 186 g/mol. The number of hydrogen-bond donors (Lipinski definition) is 0. The molecule has 1 saturated carbocycles. The molecule has 0 aromatic rings. The molecule has 0 radical (unpaired) electrons. The zero-order valence-electron chi connectivity index (χ0n) is 9.35. The molecule has 2 nitrogen and oxygen atoms in total. The topological polar surface area (TPSA) is 26.3 Å². The Balaban J connectivity index is 0.000000671. The van der Waals surface area contributed by atoms with E-state index in [1.807, 2.05) is 20.8 Å². The largest absolute Gasteiger partial charge is 0.460 e. The summed E-state index contributed by atoms with van der Waals surface area (Å²) in [5.41, 5.74) is -0.149. The van der Waals surface area contributed by atoms with E-state index in [9.17, 15) is 4.79 Å². The molecule has 13 heavy (non-hydrogen) atoms. The Hall–Kier alpha value is -0.530. The van der Waals surface area contributed by atoms with Crippen LogP contribution in [0.4, 0.5) is 0 Å². The van der Waals surface area contributed by atoms with Crippen LogP contribution in [0.15, 0.2) is 0 Å². The van der Waals surface area contributed by atoms with Crippen molar-refractivity contribution in [3.05, 3.63) is 0 Å². The van der Waals surface area contributed by atoms with Gasteiger partial charge in [-0.05, 0) is 32.6 Å². The molecule has 0 unspecified atom stereocenters. The average Bonchev–Trinajstić information content (AvgIpc) is 2.07. The van der Waals surface area contributed by atoms with E-state index in [0.29, 0.717) is 0 Å². The molecule has 78 valence electrons. The maximum absolute atomic E-state index is 10.7. The molecule has 0 atom stereocenters. The van der Waals surface area contributed by atoms with Crippen LogP contribution in [0.2, 0.25) is 0 Å². The lowest BCUT2D eigenvalue weighted by Gasteiger charge is -2.32. The minimum Gasteiger partial charge on any atom is -0.460 e. The van der Waals surface area contributed by atoms with Gasteiger partial charge in [0.2, 0.25) is 0 Å². The first kappa shape index (κ1) is 12.5. The van der Waals surface area contributed by atoms with Crippen molar-refractivity contribution in [2.75, 3.05) is 0 Å². The van der Waals surface area contributed by atoms with Crippen molar-refractivity contribution in [1.82, 2.24) is 0 Å². The third kappa shape index (κ3) is 4.91. The van der Waals surface area contributed by atoms with Gasteiger partial charge in [-0.25, -0.2) is 0 Å². The highest BCUT2D eigenvalue weighted by molar-refractivity contribution is 5.66. The summed E-state index contributed by atoms with van der Waals surface area (Å²) in [5, 5.41) is 0. The van der Waals surface area contributed by atoms with E-state index in [1.54, 1.807) is 0 Å². The molecular formula is C11H22O2. The fourth-order valence-electron chi connectivity index (χ4n) is 1.75. The van der Waals surface area contributed by atoms with Gasteiger partial charge in [-0.15, -0.1) is 0 Å². The van der Waals surface area contributed by atoms with Crippen LogP contribution in [0, 0.1) is 0 Å². The summed E-state index contributed by atoms with van der Waals surface area (Å²) < 4.78 is 5.24. The summed E-state index contributed by atoms with van der Waals surface area (Å²) in [7, 11) is 0. The molecule has 0 heterocycles. The molecule has 0 amide bonds. The first-order valence-electron chi connectivity index (χ1n) is 5.32. The second-order valence-corrected chi connectivity index (χ2v) is 3.60. The third-order valence-electron chi connectivity index (χ3n) is 2.30. The summed E-state index contributed by atoms with van der Waals surface area (Å²) in [6, 6.07) is 0. The molecular weight excluding hydrogens is 164 g/mol. The number of esters is 1. The van der Waals surface area contributed by atoms with E-state index in [4.69, 9.17) is 4.74 Å². The SMILES string of the molecule is CC.CC(=O)OC1(C)CCCCC1. The van der Waals surface area contributed by atoms with Crippen molar-refractivity contribution < 1.29 is 9.53 Å². The van der Waals surface area contributed by atoms with Gasteiger partial charge in [-0.1, -0.05) is 20.3 Å². The summed E-state index contributed by atoms with van der Waals surface area (Å²) in [6.45, 7) is 7.52. The quantitative estimate of drug-likeness (QED) is 0.587. The predicted molar refractivity (Wildman–Crippen MR) is 54.6 cm³/mol. The Morgan fingerprint density at radius 3 is 2.00 bits per heavy atom. The lowest BCUT2D eigenvalue weighted by atomic mass is 9.86. The van der Waals surface area contributed by atoms with Gasteiger partial charge in [0, 0.05) is 6.92 Å². The lowest BCUT2D eigenvalue weighted by molar-refractivity contribution is -0.158. The van der Waals surface area contributed by atoms with Gasteiger partial charge < -0.3 is 4.74 Å². The minimum atomic E-state index is -0.149. The Morgan fingerprint density at radius 2 is 1.62 bits per heavy atom. The van der Waals surface area contributed by atoms with E-state index in [0.717, 1.165) is 12.8 Å². The van der Waals surface area contributed by atoms with Gasteiger partial charge in [0.15, 0.2) is 0 Å². The van der Waals surface area contributed by atoms with Gasteiger partial charge in [0.25, 0.3) is 0 Å². The molecule has 2 heteroatoms. The van der Waals surface area contributed by atoms with Crippen LogP contribution < -0.4 is 0 Å². The number of rotatable bonds is 1. The first-order valence-corrected chi connectivity index (χ1v) is 5.32. The van der Waals surface area contributed by atoms with Crippen LogP contribution in [-0.4, -0.2) is 11.6 Å². The maximum Gasteiger partial charge on any atom is 0.303 e. The Labute approximate surface area is 81.7 Å². The zero-order chi connectivity index (χ0) is 10.3. The second-order valence-electron chi connectivity index (χ2n) is 3.60. The van der Waals surface area contributed by atoms with E-state index in [1.165, 1.54) is 26.2 Å². The van der Waals surface area contributed by atoms with E-state index in [-0.39, 0.29) is 11.6 Å². The van der Waals surface area contributed by atoms with Crippen LogP contribution in [0.3, 0.4) is 0 Å². The normalized spacial score (nSPS) is 19.7. The first-order chi connectivity index (χ1) is 6.12. The molecule has 1 fully saturated rings. The van der Waals surface area contributed by atoms with Crippen molar-refractivity contribution in [3.8, 4) is 0 Å². The van der Waals surface area contributed by atoms with Crippen molar-refractivity contribution in [3.63, 3.8) is 0 Å². The van der Waals surface area contributed by atoms with Crippen LogP contribution >= 0.6 is 0 Å². The van der Waals surface area contributed by atoms with Crippen molar-refractivity contribution >= 4 is 5.97 Å². The van der Waals surface area contributed by atoms with Gasteiger partial charge in [-0.2, -0.15) is 0 Å². The summed E-state index contributed by atoms with van der Waals surface area (Å²) >= 11 is 0. The lowest BCUT2D eigenvalue weighted by Crippen LogP contribution is -2.32. The van der Waals surface area contributed by atoms with Crippen LogP contribution in [-0.2, 0) is 9.53 Å². The molecule has 0 saturated heterocycles. The molecule has 1 rings (SSSR count). The molecule has 0 aliphatic heterocycles. The van der Waals surface area contributed by atoms with Gasteiger partial charge in [-0.3, -0.25) is 4.79 Å². The molecule has 0 aromatic heterocycles. The van der Waals surface area contributed by atoms with Gasteiger partial charge in [0.1, 0.15) is 5.60 Å². The minimum absolute atomic E-state index is 0.144. The van der Waals surface area contributed by atoms with E-state index in [2.05, 4.69) is 0 Å². The molecule has 0 N–H and O–H groups in total. The molecule has 1 aliphatic rings. The standard InChI is InChI=1S/C9H16O2.C2H6/c1-8(10)11-9(2)6-4-3-5-7-9;1-2/h3-7H2,1-2H3;1-2H3. The van der Waals surface area contributed by atoms with Crippen LogP contribution in [0.1, 0.15) is 59.8 Å². The van der Waals surface area contributed by atoms with Crippen LogP contribution in [0.5, 0.6) is 0 Å². The van der Waals surface area contributed by atoms with Crippen molar-refractivity contribution in [2.24, 2.45) is 0 Å². The average molecular weight is 186 g/mol. The number of hydrogen-bond acceptors (Lipinski definition) is 2. The highest BCUT2D eigenvalue weighted by atomic mass is 16.6. The van der Waals surface area contributed by atoms with Gasteiger partial charge in [0.05, 0.1) is 0 Å². The molecule has 0 aromatic carbocycles. The van der Waals surface area contributed by atoms with Crippen molar-refractivity contribution in [2.45, 2.75) is 65.4 Å². The second kappa shape index (κ2) is 6.01. The zero-order valence-corrected chi connectivity index (χ0v) is 9.35. The molecule has 1 aliphatic carbocycles. The fraction of sp³-hybridized carbons (Fsp3) is 0.909. The molecule has 0 bridgehead atoms. The van der Waals surface area contributed by atoms with Crippen LogP contribution in [0.25, 0.3) is 0 Å². The third-order valence-corrected chi connectivity index (χ3v) is 2.30. The van der Waals surface area contributed by atoms with Crippen molar-refractivity contribution in [1.29, 1.82) is 0 Å². The van der Waals surface area contributed by atoms with E-state index < -0.39 is 0 Å². The van der Waals surface area contributed by atoms with Gasteiger partial charge >= 0.3 is 5.97 Å².